The lowest BCUT2D eigenvalue weighted by molar-refractivity contribution is 0.124. The highest BCUT2D eigenvalue weighted by atomic mass is 15.5. The van der Waals surface area contributed by atoms with Crippen LogP contribution in [0.5, 0.6) is 0 Å². The first kappa shape index (κ1) is 11.5. The van der Waals surface area contributed by atoms with Crippen LogP contribution < -0.4 is 5.43 Å². The Bertz CT molecular complexity index is 295. The number of hydrazine groups is 1. The molecule has 0 bridgehead atoms. The summed E-state index contributed by atoms with van der Waals surface area (Å²) in [5.74, 6) is 0.899. The lowest BCUT2D eigenvalue weighted by atomic mass is 10.1. The summed E-state index contributed by atoms with van der Waals surface area (Å²) in [6, 6.07) is 2.11. The van der Waals surface area contributed by atoms with Gasteiger partial charge in [0.1, 0.15) is 5.82 Å². The maximum atomic E-state index is 4.32. The molecule has 88 valence electrons. The van der Waals surface area contributed by atoms with Crippen molar-refractivity contribution in [2.75, 3.05) is 13.1 Å². The van der Waals surface area contributed by atoms with Crippen molar-refractivity contribution >= 4 is 0 Å². The fraction of sp³-hybridized carbons (Fsp3) is 0.667. The third-order valence-electron chi connectivity index (χ3n) is 3.00. The Kier molecular flexibility index (Phi) is 4.25. The van der Waals surface area contributed by atoms with E-state index >= 15 is 0 Å². The lowest BCUT2D eigenvalue weighted by Crippen LogP contribution is -2.43. The van der Waals surface area contributed by atoms with Gasteiger partial charge in [-0.15, -0.1) is 0 Å². The maximum Gasteiger partial charge on any atom is 0.146 e. The van der Waals surface area contributed by atoms with Gasteiger partial charge in [-0.25, -0.2) is 20.4 Å². The molecular weight excluding hydrogens is 200 g/mol. The van der Waals surface area contributed by atoms with E-state index in [1.807, 2.05) is 18.5 Å². The molecule has 2 rings (SSSR count). The maximum absolute atomic E-state index is 4.32. The molecule has 1 aromatic rings. The minimum absolute atomic E-state index is 0.249. The van der Waals surface area contributed by atoms with Gasteiger partial charge in [0, 0.05) is 25.5 Å². The Morgan fingerprint density at radius 3 is 2.56 bits per heavy atom. The third kappa shape index (κ3) is 3.00. The minimum atomic E-state index is 0.249. The number of hydrogen-bond donors (Lipinski definition) is 1. The largest absolute Gasteiger partial charge is 0.244 e. The highest BCUT2D eigenvalue weighted by molar-refractivity contribution is 4.95. The van der Waals surface area contributed by atoms with Crippen LogP contribution in [-0.4, -0.2) is 28.1 Å². The summed E-state index contributed by atoms with van der Waals surface area (Å²) < 4.78 is 0. The predicted octanol–water partition coefficient (Wildman–Crippen LogP) is 1.92. The molecule has 0 aromatic carbocycles. The normalized spacial score (nSPS) is 19.6. The summed E-state index contributed by atoms with van der Waals surface area (Å²) in [5.41, 5.74) is 3.53. The van der Waals surface area contributed by atoms with Crippen molar-refractivity contribution in [1.82, 2.24) is 20.4 Å². The Labute approximate surface area is 97.1 Å². The third-order valence-corrected chi connectivity index (χ3v) is 3.00. The highest BCUT2D eigenvalue weighted by Gasteiger charge is 2.17. The monoisotopic (exact) mass is 220 g/mol. The first-order valence-electron chi connectivity index (χ1n) is 6.18. The number of aromatic nitrogens is 2. The lowest BCUT2D eigenvalue weighted by Gasteiger charge is -2.30. The van der Waals surface area contributed by atoms with Crippen LogP contribution in [0, 0.1) is 0 Å². The molecule has 0 spiro atoms. The van der Waals surface area contributed by atoms with Gasteiger partial charge >= 0.3 is 0 Å². The minimum Gasteiger partial charge on any atom is -0.244 e. The van der Waals surface area contributed by atoms with E-state index in [1.54, 1.807) is 0 Å². The molecule has 4 nitrogen and oxygen atoms in total. The summed E-state index contributed by atoms with van der Waals surface area (Å²) >= 11 is 0. The average Bonchev–Trinajstić information content (AvgIpc) is 2.38. The van der Waals surface area contributed by atoms with Crippen molar-refractivity contribution in [3.8, 4) is 0 Å². The average molecular weight is 220 g/mol. The molecule has 0 radical (unpaired) electrons. The van der Waals surface area contributed by atoms with Crippen LogP contribution in [-0.2, 0) is 0 Å². The van der Waals surface area contributed by atoms with Crippen LogP contribution >= 0.6 is 0 Å². The quantitative estimate of drug-likeness (QED) is 0.841. The second-order valence-corrected chi connectivity index (χ2v) is 4.24. The zero-order chi connectivity index (χ0) is 11.2. The molecule has 1 unspecified atom stereocenters. The van der Waals surface area contributed by atoms with Gasteiger partial charge in [-0.3, -0.25) is 0 Å². The van der Waals surface area contributed by atoms with E-state index in [2.05, 4.69) is 27.3 Å². The summed E-state index contributed by atoms with van der Waals surface area (Å²) in [4.78, 5) is 8.63. The molecule has 1 atom stereocenters. The van der Waals surface area contributed by atoms with Crippen LogP contribution in [0.4, 0.5) is 0 Å². The first-order chi connectivity index (χ1) is 7.90. The van der Waals surface area contributed by atoms with Gasteiger partial charge in [-0.2, -0.15) is 0 Å². The van der Waals surface area contributed by atoms with Crippen LogP contribution in [0.2, 0.25) is 0 Å². The summed E-state index contributed by atoms with van der Waals surface area (Å²) in [5, 5.41) is 2.31. The molecule has 0 amide bonds. The van der Waals surface area contributed by atoms with Gasteiger partial charge in [0.15, 0.2) is 0 Å². The van der Waals surface area contributed by atoms with Crippen LogP contribution in [0.25, 0.3) is 0 Å². The van der Waals surface area contributed by atoms with E-state index < -0.39 is 0 Å². The highest BCUT2D eigenvalue weighted by Crippen LogP contribution is 2.14. The smallest absolute Gasteiger partial charge is 0.146 e. The zero-order valence-corrected chi connectivity index (χ0v) is 9.89. The number of nitrogens with zero attached hydrogens (tertiary/aromatic N) is 3. The SMILES string of the molecule is CCC(NN1CCCCC1)c1ncccn1. The van der Waals surface area contributed by atoms with Crippen molar-refractivity contribution in [2.45, 2.75) is 38.6 Å². The van der Waals surface area contributed by atoms with E-state index in [1.165, 1.54) is 19.3 Å². The standard InChI is InChI=1S/C12H20N4/c1-2-11(12-13-7-6-8-14-12)15-16-9-4-3-5-10-16/h6-8,11,15H,2-5,9-10H2,1H3. The molecule has 1 aliphatic rings. The van der Waals surface area contributed by atoms with Crippen molar-refractivity contribution in [3.63, 3.8) is 0 Å². The Hall–Kier alpha value is -1.00. The van der Waals surface area contributed by atoms with E-state index in [4.69, 9.17) is 0 Å². The summed E-state index contributed by atoms with van der Waals surface area (Å²) in [7, 11) is 0. The zero-order valence-electron chi connectivity index (χ0n) is 9.89. The van der Waals surface area contributed by atoms with Gasteiger partial charge < -0.3 is 0 Å². The second kappa shape index (κ2) is 5.92. The van der Waals surface area contributed by atoms with E-state index in [9.17, 15) is 0 Å². The number of hydrogen-bond acceptors (Lipinski definition) is 4. The molecule has 2 heterocycles. The van der Waals surface area contributed by atoms with Gasteiger partial charge in [0.05, 0.1) is 6.04 Å². The molecule has 0 aliphatic carbocycles. The predicted molar refractivity (Wildman–Crippen MR) is 63.6 cm³/mol. The summed E-state index contributed by atoms with van der Waals surface area (Å²) in [6.45, 7) is 4.45. The Morgan fingerprint density at radius 2 is 1.94 bits per heavy atom. The molecular formula is C12H20N4. The van der Waals surface area contributed by atoms with Crippen molar-refractivity contribution < 1.29 is 0 Å². The van der Waals surface area contributed by atoms with Crippen LogP contribution in [0.3, 0.4) is 0 Å². The first-order valence-corrected chi connectivity index (χ1v) is 6.18. The van der Waals surface area contributed by atoms with Gasteiger partial charge in [0.25, 0.3) is 0 Å². The van der Waals surface area contributed by atoms with Gasteiger partial charge in [-0.05, 0) is 25.3 Å². The van der Waals surface area contributed by atoms with Crippen molar-refractivity contribution in [1.29, 1.82) is 0 Å². The van der Waals surface area contributed by atoms with Crippen LogP contribution in [0.1, 0.15) is 44.5 Å². The second-order valence-electron chi connectivity index (χ2n) is 4.24. The molecule has 16 heavy (non-hydrogen) atoms. The Morgan fingerprint density at radius 1 is 1.25 bits per heavy atom. The van der Waals surface area contributed by atoms with E-state index in [-0.39, 0.29) is 6.04 Å². The molecule has 1 aliphatic heterocycles. The fourth-order valence-corrected chi connectivity index (χ4v) is 2.07. The molecule has 1 saturated heterocycles. The van der Waals surface area contributed by atoms with Crippen molar-refractivity contribution in [3.05, 3.63) is 24.3 Å². The number of nitrogens with one attached hydrogen (secondary N) is 1. The van der Waals surface area contributed by atoms with Gasteiger partial charge in [-0.1, -0.05) is 13.3 Å². The molecule has 1 aromatic heterocycles. The number of piperidine rings is 1. The Balaban J connectivity index is 1.94. The number of rotatable bonds is 4. The van der Waals surface area contributed by atoms with E-state index in [0.29, 0.717) is 0 Å². The molecule has 4 heteroatoms. The topological polar surface area (TPSA) is 41.0 Å². The van der Waals surface area contributed by atoms with Gasteiger partial charge in [0.2, 0.25) is 0 Å². The molecule has 1 N–H and O–H groups in total. The summed E-state index contributed by atoms with van der Waals surface area (Å²) in [6.07, 6.45) is 8.57. The van der Waals surface area contributed by atoms with E-state index in [0.717, 1.165) is 25.3 Å². The van der Waals surface area contributed by atoms with Crippen molar-refractivity contribution in [2.24, 2.45) is 0 Å². The molecule has 0 saturated carbocycles. The van der Waals surface area contributed by atoms with Crippen LogP contribution in [0.15, 0.2) is 18.5 Å². The molecule has 1 fully saturated rings. The fourth-order valence-electron chi connectivity index (χ4n) is 2.07.